The van der Waals surface area contributed by atoms with E-state index in [2.05, 4.69) is 66.3 Å². The Morgan fingerprint density at radius 1 is 1.17 bits per heavy atom. The lowest BCUT2D eigenvalue weighted by molar-refractivity contribution is 0.244. The van der Waals surface area contributed by atoms with Crippen LogP contribution in [-0.2, 0) is 5.54 Å². The Morgan fingerprint density at radius 2 is 1.83 bits per heavy atom. The second kappa shape index (κ2) is 5.75. The van der Waals surface area contributed by atoms with Crippen molar-refractivity contribution in [3.63, 3.8) is 0 Å². The monoisotopic (exact) mass is 309 g/mol. The van der Waals surface area contributed by atoms with Crippen molar-refractivity contribution in [3.05, 3.63) is 34.3 Å². The molecule has 1 aromatic rings. The quantitative estimate of drug-likeness (QED) is 0.841. The summed E-state index contributed by atoms with van der Waals surface area (Å²) in [4.78, 5) is 0. The van der Waals surface area contributed by atoms with Crippen molar-refractivity contribution in [1.82, 2.24) is 5.32 Å². The highest BCUT2D eigenvalue weighted by Crippen LogP contribution is 2.28. The zero-order valence-corrected chi connectivity index (χ0v) is 13.3. The topological polar surface area (TPSA) is 12.0 Å². The number of hydrogen-bond acceptors (Lipinski definition) is 1. The summed E-state index contributed by atoms with van der Waals surface area (Å²) >= 11 is 3.50. The summed E-state index contributed by atoms with van der Waals surface area (Å²) in [5, 5.41) is 3.85. The van der Waals surface area contributed by atoms with Crippen LogP contribution in [0.2, 0.25) is 0 Å². The third-order valence-corrected chi connectivity index (χ3v) is 4.60. The molecule has 0 aliphatic heterocycles. The molecule has 18 heavy (non-hydrogen) atoms. The first kappa shape index (κ1) is 14.1. The summed E-state index contributed by atoms with van der Waals surface area (Å²) in [7, 11) is 0. The van der Waals surface area contributed by atoms with Gasteiger partial charge < -0.3 is 5.32 Å². The van der Waals surface area contributed by atoms with E-state index in [0.29, 0.717) is 6.04 Å². The van der Waals surface area contributed by atoms with E-state index in [4.69, 9.17) is 0 Å². The minimum atomic E-state index is 0.0580. The molecule has 1 aliphatic rings. The number of hydrogen-bond donors (Lipinski definition) is 1. The number of benzene rings is 1. The molecule has 0 heterocycles. The van der Waals surface area contributed by atoms with Crippen LogP contribution in [0.15, 0.2) is 28.7 Å². The van der Waals surface area contributed by atoms with Crippen LogP contribution in [0.1, 0.15) is 52.0 Å². The van der Waals surface area contributed by atoms with Crippen LogP contribution >= 0.6 is 15.9 Å². The molecule has 0 radical (unpaired) electrons. The van der Waals surface area contributed by atoms with Gasteiger partial charge in [0, 0.05) is 16.1 Å². The Morgan fingerprint density at radius 3 is 2.44 bits per heavy atom. The van der Waals surface area contributed by atoms with E-state index in [9.17, 15) is 0 Å². The molecular weight excluding hydrogens is 286 g/mol. The highest BCUT2D eigenvalue weighted by atomic mass is 79.9. The van der Waals surface area contributed by atoms with Crippen LogP contribution < -0.4 is 5.32 Å². The van der Waals surface area contributed by atoms with Crippen molar-refractivity contribution < 1.29 is 0 Å². The smallest absolute Gasteiger partial charge is 0.0379 e. The summed E-state index contributed by atoms with van der Waals surface area (Å²) in [5.74, 6) is 0.872. The fourth-order valence-corrected chi connectivity index (χ4v) is 3.29. The number of nitrogens with one attached hydrogen (secondary N) is 1. The van der Waals surface area contributed by atoms with Gasteiger partial charge in [0.2, 0.25) is 0 Å². The lowest BCUT2D eigenvalue weighted by Crippen LogP contribution is -2.45. The molecule has 1 fully saturated rings. The molecule has 2 heteroatoms. The fourth-order valence-electron chi connectivity index (χ4n) is 3.03. The first-order valence-corrected chi connectivity index (χ1v) is 7.80. The van der Waals surface area contributed by atoms with Crippen molar-refractivity contribution in [2.45, 2.75) is 58.0 Å². The molecule has 0 saturated heterocycles. The Balaban J connectivity index is 2.04. The Labute approximate surface area is 119 Å². The molecular formula is C16H24BrN. The lowest BCUT2D eigenvalue weighted by atomic mass is 9.84. The van der Waals surface area contributed by atoms with Crippen molar-refractivity contribution in [2.75, 3.05) is 0 Å². The molecule has 1 aliphatic carbocycles. The molecule has 0 bridgehead atoms. The van der Waals surface area contributed by atoms with Gasteiger partial charge in [0.05, 0.1) is 0 Å². The molecule has 100 valence electrons. The van der Waals surface area contributed by atoms with E-state index < -0.39 is 0 Å². The van der Waals surface area contributed by atoms with Crippen molar-refractivity contribution in [3.8, 4) is 0 Å². The van der Waals surface area contributed by atoms with Crippen LogP contribution in [-0.4, -0.2) is 6.04 Å². The predicted molar refractivity (Wildman–Crippen MR) is 81.7 cm³/mol. The zero-order valence-electron chi connectivity index (χ0n) is 11.7. The fraction of sp³-hybridized carbons (Fsp3) is 0.625. The molecule has 1 N–H and O–H groups in total. The summed E-state index contributed by atoms with van der Waals surface area (Å²) in [6.45, 7) is 6.95. The maximum Gasteiger partial charge on any atom is 0.0379 e. The number of halogens is 1. The van der Waals surface area contributed by atoms with Gasteiger partial charge in [-0.3, -0.25) is 0 Å². The minimum absolute atomic E-state index is 0.0580. The van der Waals surface area contributed by atoms with Gasteiger partial charge >= 0.3 is 0 Å². The van der Waals surface area contributed by atoms with Gasteiger partial charge in [-0.25, -0.2) is 0 Å². The largest absolute Gasteiger partial charge is 0.305 e. The molecule has 2 unspecified atom stereocenters. The van der Waals surface area contributed by atoms with Crippen LogP contribution in [0.4, 0.5) is 0 Å². The van der Waals surface area contributed by atoms with Crippen molar-refractivity contribution >= 4 is 15.9 Å². The maximum atomic E-state index is 3.85. The maximum absolute atomic E-state index is 3.85. The molecule has 0 aromatic heterocycles. The van der Waals surface area contributed by atoms with E-state index in [1.54, 1.807) is 0 Å². The van der Waals surface area contributed by atoms with Crippen LogP contribution in [0, 0.1) is 5.92 Å². The molecule has 1 aromatic carbocycles. The molecule has 0 amide bonds. The van der Waals surface area contributed by atoms with Gasteiger partial charge in [-0.05, 0) is 50.3 Å². The Kier molecular flexibility index (Phi) is 4.50. The third-order valence-electron chi connectivity index (χ3n) is 4.07. The summed E-state index contributed by atoms with van der Waals surface area (Å²) in [5.41, 5.74) is 1.42. The lowest BCUT2D eigenvalue weighted by Gasteiger charge is -2.36. The van der Waals surface area contributed by atoms with Crippen LogP contribution in [0.3, 0.4) is 0 Å². The summed E-state index contributed by atoms with van der Waals surface area (Å²) in [6, 6.07) is 9.35. The van der Waals surface area contributed by atoms with Gasteiger partial charge in [-0.15, -0.1) is 0 Å². The predicted octanol–water partition coefficient (Wildman–Crippen LogP) is 4.85. The van der Waals surface area contributed by atoms with E-state index in [0.717, 1.165) is 10.4 Å². The minimum Gasteiger partial charge on any atom is -0.305 e. The van der Waals surface area contributed by atoms with Crippen molar-refractivity contribution in [1.29, 1.82) is 0 Å². The first-order chi connectivity index (χ1) is 8.47. The van der Waals surface area contributed by atoms with Crippen LogP contribution in [0.5, 0.6) is 0 Å². The van der Waals surface area contributed by atoms with Gasteiger partial charge in [0.15, 0.2) is 0 Å². The van der Waals surface area contributed by atoms with E-state index in [-0.39, 0.29) is 5.54 Å². The van der Waals surface area contributed by atoms with E-state index in [1.807, 2.05) is 0 Å². The first-order valence-electron chi connectivity index (χ1n) is 7.01. The van der Waals surface area contributed by atoms with Gasteiger partial charge in [0.25, 0.3) is 0 Å². The third kappa shape index (κ3) is 3.58. The number of rotatable bonds is 3. The highest BCUT2D eigenvalue weighted by molar-refractivity contribution is 9.10. The Bertz CT molecular complexity index is 383. The average molecular weight is 310 g/mol. The molecule has 1 saturated carbocycles. The summed E-state index contributed by atoms with van der Waals surface area (Å²) in [6.07, 6.45) is 5.41. The SMILES string of the molecule is CC1CCCC(NC(C)(C)c2ccc(Br)cc2)C1. The molecule has 0 spiro atoms. The average Bonchev–Trinajstić information content (AvgIpc) is 2.29. The Hall–Kier alpha value is -0.340. The molecule has 1 nitrogen and oxygen atoms in total. The summed E-state index contributed by atoms with van der Waals surface area (Å²) < 4.78 is 1.15. The van der Waals surface area contributed by atoms with Gasteiger partial charge in [0.1, 0.15) is 0 Å². The normalized spacial score (nSPS) is 25.1. The van der Waals surface area contributed by atoms with Crippen LogP contribution in [0.25, 0.3) is 0 Å². The second-order valence-electron chi connectivity index (χ2n) is 6.24. The molecule has 2 rings (SSSR count). The van der Waals surface area contributed by atoms with Gasteiger partial charge in [-0.1, -0.05) is 47.8 Å². The van der Waals surface area contributed by atoms with E-state index in [1.165, 1.54) is 31.2 Å². The highest BCUT2D eigenvalue weighted by Gasteiger charge is 2.26. The zero-order chi connectivity index (χ0) is 13.2. The van der Waals surface area contributed by atoms with Crippen molar-refractivity contribution in [2.24, 2.45) is 5.92 Å². The molecule has 2 atom stereocenters. The standard InChI is InChI=1S/C16H24BrN/c1-12-5-4-6-15(11-12)18-16(2,3)13-7-9-14(17)10-8-13/h7-10,12,15,18H,4-6,11H2,1-3H3. The van der Waals surface area contributed by atoms with Gasteiger partial charge in [-0.2, -0.15) is 0 Å². The van der Waals surface area contributed by atoms with E-state index >= 15 is 0 Å². The second-order valence-corrected chi connectivity index (χ2v) is 7.16.